The van der Waals surface area contributed by atoms with Crippen LogP contribution in [0.25, 0.3) is 0 Å². The molecule has 2 N–H and O–H groups in total. The lowest BCUT2D eigenvalue weighted by Crippen LogP contribution is -2.28. The van der Waals surface area contributed by atoms with Crippen molar-refractivity contribution in [3.05, 3.63) is 70.1 Å². The summed E-state index contributed by atoms with van der Waals surface area (Å²) in [6, 6.07) is 10.4. The molecule has 134 valence electrons. The first kappa shape index (κ1) is 18.2. The number of thiazole rings is 1. The van der Waals surface area contributed by atoms with Crippen LogP contribution in [0.15, 0.2) is 52.5 Å². The number of amides is 2. The number of halogens is 1. The zero-order chi connectivity index (χ0) is 18.5. The predicted octanol–water partition coefficient (Wildman–Crippen LogP) is 4.06. The highest BCUT2D eigenvalue weighted by Gasteiger charge is 2.14. The van der Waals surface area contributed by atoms with Crippen LogP contribution in [0.2, 0.25) is 5.02 Å². The number of hydrogen-bond acceptors (Lipinski definition) is 5. The minimum atomic E-state index is -0.380. The summed E-state index contributed by atoms with van der Waals surface area (Å²) in [5.74, 6) is -0.337. The van der Waals surface area contributed by atoms with Crippen molar-refractivity contribution in [3.63, 3.8) is 0 Å². The standard InChI is InChI=1S/C18H16ClN3O3S/c1-11(12-4-2-5-13(19)8-12)20-16(23)9-14-10-26-18(21-14)22-17(24)15-6-3-7-25-15/h2-8,10-11H,9H2,1H3,(H,20,23)(H,21,22,24). The second-order valence-corrected chi connectivity index (χ2v) is 6.89. The normalized spacial score (nSPS) is 11.8. The van der Waals surface area contributed by atoms with Crippen LogP contribution >= 0.6 is 22.9 Å². The summed E-state index contributed by atoms with van der Waals surface area (Å²) < 4.78 is 5.02. The van der Waals surface area contributed by atoms with Crippen LogP contribution in [0, 0.1) is 0 Å². The Balaban J connectivity index is 1.55. The minimum Gasteiger partial charge on any atom is -0.459 e. The zero-order valence-electron chi connectivity index (χ0n) is 13.9. The van der Waals surface area contributed by atoms with Crippen molar-refractivity contribution in [1.82, 2.24) is 10.3 Å². The van der Waals surface area contributed by atoms with E-state index in [2.05, 4.69) is 15.6 Å². The summed E-state index contributed by atoms with van der Waals surface area (Å²) in [6.45, 7) is 1.89. The molecule has 0 aliphatic rings. The third-order valence-corrected chi connectivity index (χ3v) is 4.63. The second kappa shape index (κ2) is 8.16. The van der Waals surface area contributed by atoms with Crippen LogP contribution in [-0.2, 0) is 11.2 Å². The summed E-state index contributed by atoms with van der Waals surface area (Å²) in [4.78, 5) is 28.4. The van der Waals surface area contributed by atoms with Gasteiger partial charge in [0.1, 0.15) is 0 Å². The number of hydrogen-bond donors (Lipinski definition) is 2. The maximum absolute atomic E-state index is 12.2. The van der Waals surface area contributed by atoms with Gasteiger partial charge in [-0.1, -0.05) is 23.7 Å². The molecule has 0 saturated heterocycles. The Hall–Kier alpha value is -2.64. The van der Waals surface area contributed by atoms with Crippen LogP contribution in [0.1, 0.15) is 34.8 Å². The quantitative estimate of drug-likeness (QED) is 0.665. The van der Waals surface area contributed by atoms with Crippen molar-refractivity contribution in [2.75, 3.05) is 5.32 Å². The van der Waals surface area contributed by atoms with Crippen molar-refractivity contribution in [1.29, 1.82) is 0 Å². The number of furan rings is 1. The lowest BCUT2D eigenvalue weighted by atomic mass is 10.1. The topological polar surface area (TPSA) is 84.2 Å². The molecule has 0 aliphatic carbocycles. The van der Waals surface area contributed by atoms with E-state index in [9.17, 15) is 9.59 Å². The van der Waals surface area contributed by atoms with Crippen LogP contribution in [0.3, 0.4) is 0 Å². The van der Waals surface area contributed by atoms with Crippen molar-refractivity contribution in [2.45, 2.75) is 19.4 Å². The lowest BCUT2D eigenvalue weighted by Gasteiger charge is -2.14. The fraction of sp³-hybridized carbons (Fsp3) is 0.167. The van der Waals surface area contributed by atoms with Crippen LogP contribution < -0.4 is 10.6 Å². The van der Waals surface area contributed by atoms with E-state index in [1.165, 1.54) is 17.6 Å². The molecule has 2 amide bonds. The maximum Gasteiger partial charge on any atom is 0.293 e. The Morgan fingerprint density at radius 3 is 2.88 bits per heavy atom. The molecule has 2 heterocycles. The van der Waals surface area contributed by atoms with Gasteiger partial charge < -0.3 is 9.73 Å². The van der Waals surface area contributed by atoms with Crippen molar-refractivity contribution >= 4 is 39.9 Å². The molecule has 1 aromatic carbocycles. The van der Waals surface area contributed by atoms with E-state index in [4.69, 9.17) is 16.0 Å². The summed E-state index contributed by atoms with van der Waals surface area (Å²) in [5, 5.41) is 8.32. The van der Waals surface area contributed by atoms with Gasteiger partial charge in [0.05, 0.1) is 24.4 Å². The van der Waals surface area contributed by atoms with Crippen LogP contribution in [0.4, 0.5) is 5.13 Å². The summed E-state index contributed by atoms with van der Waals surface area (Å²) in [6.07, 6.45) is 1.55. The Bertz CT molecular complexity index is 908. The highest BCUT2D eigenvalue weighted by Crippen LogP contribution is 2.19. The van der Waals surface area contributed by atoms with Crippen molar-refractivity contribution in [3.8, 4) is 0 Å². The van der Waals surface area contributed by atoms with Gasteiger partial charge in [0, 0.05) is 10.4 Å². The lowest BCUT2D eigenvalue weighted by molar-refractivity contribution is -0.121. The van der Waals surface area contributed by atoms with Gasteiger partial charge in [0.25, 0.3) is 5.91 Å². The number of nitrogens with one attached hydrogen (secondary N) is 2. The van der Waals surface area contributed by atoms with E-state index in [-0.39, 0.29) is 30.0 Å². The molecule has 1 atom stereocenters. The van der Waals surface area contributed by atoms with Gasteiger partial charge in [-0.05, 0) is 36.8 Å². The molecule has 0 bridgehead atoms. The monoisotopic (exact) mass is 389 g/mol. The molecular weight excluding hydrogens is 374 g/mol. The molecule has 26 heavy (non-hydrogen) atoms. The van der Waals surface area contributed by atoms with Gasteiger partial charge in [-0.3, -0.25) is 14.9 Å². The van der Waals surface area contributed by atoms with Crippen LogP contribution in [-0.4, -0.2) is 16.8 Å². The van der Waals surface area contributed by atoms with Gasteiger partial charge in [-0.15, -0.1) is 11.3 Å². The molecule has 0 saturated carbocycles. The Morgan fingerprint density at radius 1 is 1.31 bits per heavy atom. The summed E-state index contributed by atoms with van der Waals surface area (Å²) in [7, 11) is 0. The Labute approximate surface area is 159 Å². The van der Waals surface area contributed by atoms with E-state index >= 15 is 0 Å². The molecule has 6 nitrogen and oxygen atoms in total. The molecule has 3 rings (SSSR count). The molecule has 3 aromatic rings. The van der Waals surface area contributed by atoms with E-state index < -0.39 is 0 Å². The number of carbonyl (C=O) groups is 2. The highest BCUT2D eigenvalue weighted by atomic mass is 35.5. The fourth-order valence-electron chi connectivity index (χ4n) is 2.33. The molecular formula is C18H16ClN3O3S. The van der Waals surface area contributed by atoms with Crippen LogP contribution in [0.5, 0.6) is 0 Å². The average Bonchev–Trinajstić information content (AvgIpc) is 3.27. The molecule has 0 fully saturated rings. The first-order valence-corrected chi connectivity index (χ1v) is 9.11. The van der Waals surface area contributed by atoms with E-state index in [0.29, 0.717) is 15.8 Å². The highest BCUT2D eigenvalue weighted by molar-refractivity contribution is 7.14. The van der Waals surface area contributed by atoms with E-state index in [1.807, 2.05) is 25.1 Å². The predicted molar refractivity (Wildman–Crippen MR) is 100 cm³/mol. The minimum absolute atomic E-state index is 0.123. The first-order chi connectivity index (χ1) is 12.5. The van der Waals surface area contributed by atoms with E-state index in [0.717, 1.165) is 5.56 Å². The Kier molecular flexibility index (Phi) is 5.70. The fourth-order valence-corrected chi connectivity index (χ4v) is 3.23. The van der Waals surface area contributed by atoms with Gasteiger partial charge >= 0.3 is 0 Å². The number of nitrogens with zero attached hydrogens (tertiary/aromatic N) is 1. The molecule has 0 spiro atoms. The average molecular weight is 390 g/mol. The maximum atomic E-state index is 12.2. The van der Waals surface area contributed by atoms with Gasteiger partial charge in [0.2, 0.25) is 5.91 Å². The van der Waals surface area contributed by atoms with Gasteiger partial charge in [0.15, 0.2) is 10.9 Å². The van der Waals surface area contributed by atoms with Crippen molar-refractivity contribution in [2.24, 2.45) is 0 Å². The SMILES string of the molecule is CC(NC(=O)Cc1csc(NC(=O)c2ccco2)n1)c1cccc(Cl)c1. The van der Waals surface area contributed by atoms with Gasteiger partial charge in [-0.25, -0.2) is 4.98 Å². The molecule has 0 aliphatic heterocycles. The largest absolute Gasteiger partial charge is 0.459 e. The molecule has 2 aromatic heterocycles. The van der Waals surface area contributed by atoms with Gasteiger partial charge in [-0.2, -0.15) is 0 Å². The number of rotatable bonds is 6. The number of carbonyl (C=O) groups excluding carboxylic acids is 2. The smallest absolute Gasteiger partial charge is 0.293 e. The summed E-state index contributed by atoms with van der Waals surface area (Å²) in [5.41, 5.74) is 1.51. The van der Waals surface area contributed by atoms with E-state index in [1.54, 1.807) is 23.6 Å². The molecule has 8 heteroatoms. The first-order valence-electron chi connectivity index (χ1n) is 7.85. The second-order valence-electron chi connectivity index (χ2n) is 5.60. The third kappa shape index (κ3) is 4.71. The Morgan fingerprint density at radius 2 is 2.15 bits per heavy atom. The third-order valence-electron chi connectivity index (χ3n) is 3.59. The number of anilines is 1. The summed E-state index contributed by atoms with van der Waals surface area (Å²) >= 11 is 7.23. The number of aromatic nitrogens is 1. The number of benzene rings is 1. The molecule has 0 radical (unpaired) electrons. The van der Waals surface area contributed by atoms with Crippen molar-refractivity contribution < 1.29 is 14.0 Å². The zero-order valence-corrected chi connectivity index (χ0v) is 15.4. The molecule has 1 unspecified atom stereocenters.